The normalized spacial score (nSPS) is 12.0. The number of ether oxygens (including phenoxy) is 3. The van der Waals surface area contributed by atoms with Gasteiger partial charge in [0.25, 0.3) is 0 Å². The molecule has 24 heavy (non-hydrogen) atoms. The maximum absolute atomic E-state index is 13.5. The molecule has 2 rings (SSSR count). The number of rotatable bonds is 5. The molecule has 2 aromatic rings. The molecule has 0 saturated heterocycles. The van der Waals surface area contributed by atoms with Crippen LogP contribution in [0.3, 0.4) is 0 Å². The third-order valence-corrected chi connectivity index (χ3v) is 3.39. The Labute approximate surface area is 138 Å². The van der Waals surface area contributed by atoms with Crippen LogP contribution in [0.1, 0.15) is 11.1 Å². The molecule has 6 heteroatoms. The zero-order valence-electron chi connectivity index (χ0n) is 13.5. The average Bonchev–Trinajstić information content (AvgIpc) is 2.58. The summed E-state index contributed by atoms with van der Waals surface area (Å²) in [6, 6.07) is 10.3. The van der Waals surface area contributed by atoms with Gasteiger partial charge < -0.3 is 14.2 Å². The minimum Gasteiger partial charge on any atom is -0.497 e. The largest absolute Gasteiger partial charge is 0.497 e. The molecule has 2 aromatic carbocycles. The summed E-state index contributed by atoms with van der Waals surface area (Å²) in [5, 5.41) is 0. The van der Waals surface area contributed by atoms with Crippen LogP contribution in [0.2, 0.25) is 0 Å². The van der Waals surface area contributed by atoms with Crippen molar-refractivity contribution in [3.63, 3.8) is 0 Å². The molecule has 0 amide bonds. The molecule has 0 aliphatic heterocycles. The molecule has 0 N–H and O–H groups in total. The van der Waals surface area contributed by atoms with Crippen molar-refractivity contribution in [2.45, 2.75) is 6.18 Å². The first-order valence-electron chi connectivity index (χ1n) is 7.03. The van der Waals surface area contributed by atoms with Gasteiger partial charge >= 0.3 is 6.18 Å². The fourth-order valence-electron chi connectivity index (χ4n) is 2.18. The summed E-state index contributed by atoms with van der Waals surface area (Å²) in [4.78, 5) is 0. The Hall–Kier alpha value is -2.63. The second-order valence-corrected chi connectivity index (χ2v) is 4.93. The lowest BCUT2D eigenvalue weighted by molar-refractivity contribution is -0.0683. The molecule has 0 radical (unpaired) electrons. The highest BCUT2D eigenvalue weighted by Crippen LogP contribution is 2.37. The molecule has 0 aliphatic carbocycles. The lowest BCUT2D eigenvalue weighted by Crippen LogP contribution is -2.10. The van der Waals surface area contributed by atoms with E-state index in [-0.39, 0.29) is 5.56 Å². The predicted octanol–water partition coefficient (Wildman–Crippen LogP) is 4.82. The fourth-order valence-corrected chi connectivity index (χ4v) is 2.18. The third kappa shape index (κ3) is 4.22. The second kappa shape index (κ2) is 7.29. The van der Waals surface area contributed by atoms with Gasteiger partial charge in [-0.2, -0.15) is 13.2 Å². The fraction of sp³-hybridized carbons (Fsp3) is 0.222. The number of hydrogen-bond acceptors (Lipinski definition) is 3. The Balaban J connectivity index is 2.53. The SMILES string of the molecule is COc1ccc(/C(=C/c2cc(OC)cc(OC)c2)C(F)(F)F)cc1. The van der Waals surface area contributed by atoms with Crippen LogP contribution in [0.15, 0.2) is 42.5 Å². The summed E-state index contributed by atoms with van der Waals surface area (Å²) < 4.78 is 55.6. The molecule has 0 saturated carbocycles. The van der Waals surface area contributed by atoms with Crippen molar-refractivity contribution >= 4 is 11.6 Å². The zero-order valence-corrected chi connectivity index (χ0v) is 13.5. The van der Waals surface area contributed by atoms with Gasteiger partial charge in [0.05, 0.1) is 26.9 Å². The average molecular weight is 338 g/mol. The van der Waals surface area contributed by atoms with E-state index in [2.05, 4.69) is 0 Å². The minimum absolute atomic E-state index is 0.0464. The monoisotopic (exact) mass is 338 g/mol. The third-order valence-electron chi connectivity index (χ3n) is 3.39. The molecule has 0 atom stereocenters. The van der Waals surface area contributed by atoms with Gasteiger partial charge in [-0.3, -0.25) is 0 Å². The summed E-state index contributed by atoms with van der Waals surface area (Å²) in [7, 11) is 4.34. The Morgan fingerprint density at radius 1 is 0.792 bits per heavy atom. The molecule has 128 valence electrons. The molecule has 0 fully saturated rings. The summed E-state index contributed by atoms with van der Waals surface area (Å²) in [5.74, 6) is 1.32. The van der Waals surface area contributed by atoms with Gasteiger partial charge in [-0.25, -0.2) is 0 Å². The number of hydrogen-bond donors (Lipinski definition) is 0. The van der Waals surface area contributed by atoms with Crippen LogP contribution in [0, 0.1) is 0 Å². The van der Waals surface area contributed by atoms with Gasteiger partial charge in [0, 0.05) is 6.07 Å². The molecular formula is C18H17F3O3. The van der Waals surface area contributed by atoms with Crippen molar-refractivity contribution in [3.8, 4) is 17.2 Å². The lowest BCUT2D eigenvalue weighted by atomic mass is 10.0. The van der Waals surface area contributed by atoms with Crippen molar-refractivity contribution in [1.82, 2.24) is 0 Å². The van der Waals surface area contributed by atoms with E-state index in [1.54, 1.807) is 6.07 Å². The first kappa shape index (κ1) is 17.7. The van der Waals surface area contributed by atoms with Gasteiger partial charge in [-0.1, -0.05) is 12.1 Å². The standard InChI is InChI=1S/C18H17F3O3/c1-22-14-6-4-13(5-7-14)17(18(19,20)21)10-12-8-15(23-2)11-16(9-12)24-3/h4-11H,1-3H3/b17-10-. The number of halogens is 3. The highest BCUT2D eigenvalue weighted by atomic mass is 19.4. The van der Waals surface area contributed by atoms with Crippen molar-refractivity contribution in [2.75, 3.05) is 21.3 Å². The predicted molar refractivity (Wildman–Crippen MR) is 86.5 cm³/mol. The first-order chi connectivity index (χ1) is 11.4. The summed E-state index contributed by atoms with van der Waals surface area (Å²) in [5.41, 5.74) is -0.389. The Morgan fingerprint density at radius 3 is 1.71 bits per heavy atom. The van der Waals surface area contributed by atoms with Crippen LogP contribution in [0.4, 0.5) is 13.2 Å². The van der Waals surface area contributed by atoms with Crippen LogP contribution in [0.25, 0.3) is 11.6 Å². The molecule has 0 unspecified atom stereocenters. The maximum atomic E-state index is 13.5. The van der Waals surface area contributed by atoms with Gasteiger partial charge in [0.2, 0.25) is 0 Å². The van der Waals surface area contributed by atoms with E-state index in [4.69, 9.17) is 14.2 Å². The van der Waals surface area contributed by atoms with E-state index < -0.39 is 11.7 Å². The van der Waals surface area contributed by atoms with E-state index in [1.165, 1.54) is 57.7 Å². The number of methoxy groups -OCH3 is 3. The van der Waals surface area contributed by atoms with Crippen LogP contribution in [-0.2, 0) is 0 Å². The molecule has 0 bridgehead atoms. The van der Waals surface area contributed by atoms with E-state index in [0.717, 1.165) is 6.08 Å². The summed E-state index contributed by atoms with van der Waals surface area (Å²) in [6.45, 7) is 0. The second-order valence-electron chi connectivity index (χ2n) is 4.93. The molecule has 0 aliphatic rings. The Bertz CT molecular complexity index is 697. The Morgan fingerprint density at radius 2 is 1.29 bits per heavy atom. The highest BCUT2D eigenvalue weighted by molar-refractivity contribution is 5.85. The number of alkyl halides is 3. The van der Waals surface area contributed by atoms with Crippen LogP contribution in [0.5, 0.6) is 17.2 Å². The van der Waals surface area contributed by atoms with Crippen LogP contribution < -0.4 is 14.2 Å². The minimum atomic E-state index is -4.51. The maximum Gasteiger partial charge on any atom is 0.417 e. The molecular weight excluding hydrogens is 321 g/mol. The Kier molecular flexibility index (Phi) is 5.39. The topological polar surface area (TPSA) is 27.7 Å². The lowest BCUT2D eigenvalue weighted by Gasteiger charge is -2.14. The molecule has 0 spiro atoms. The van der Waals surface area contributed by atoms with E-state index in [1.807, 2.05) is 0 Å². The van der Waals surface area contributed by atoms with Gasteiger partial charge in [-0.15, -0.1) is 0 Å². The van der Waals surface area contributed by atoms with Crippen molar-refractivity contribution < 1.29 is 27.4 Å². The van der Waals surface area contributed by atoms with Gasteiger partial charge in [0.15, 0.2) is 0 Å². The number of allylic oxidation sites excluding steroid dienone is 1. The van der Waals surface area contributed by atoms with Crippen molar-refractivity contribution in [1.29, 1.82) is 0 Å². The summed E-state index contributed by atoms with van der Waals surface area (Å²) in [6.07, 6.45) is -3.45. The van der Waals surface area contributed by atoms with E-state index in [9.17, 15) is 13.2 Å². The van der Waals surface area contributed by atoms with Crippen molar-refractivity contribution in [2.24, 2.45) is 0 Å². The number of benzene rings is 2. The highest BCUT2D eigenvalue weighted by Gasteiger charge is 2.34. The van der Waals surface area contributed by atoms with E-state index >= 15 is 0 Å². The summed E-state index contributed by atoms with van der Waals surface area (Å²) >= 11 is 0. The molecule has 3 nitrogen and oxygen atoms in total. The van der Waals surface area contributed by atoms with Gasteiger partial charge in [-0.05, 0) is 41.5 Å². The quantitative estimate of drug-likeness (QED) is 0.732. The first-order valence-corrected chi connectivity index (χ1v) is 7.03. The van der Waals surface area contributed by atoms with Crippen LogP contribution >= 0.6 is 0 Å². The molecule has 0 heterocycles. The van der Waals surface area contributed by atoms with Crippen molar-refractivity contribution in [3.05, 3.63) is 53.6 Å². The zero-order chi connectivity index (χ0) is 17.7. The molecule has 0 aromatic heterocycles. The van der Waals surface area contributed by atoms with Crippen LogP contribution in [-0.4, -0.2) is 27.5 Å². The smallest absolute Gasteiger partial charge is 0.417 e. The van der Waals surface area contributed by atoms with Gasteiger partial charge in [0.1, 0.15) is 17.2 Å². The van der Waals surface area contributed by atoms with E-state index in [0.29, 0.717) is 22.8 Å².